The van der Waals surface area contributed by atoms with Gasteiger partial charge in [-0.15, -0.1) is 0 Å². The maximum Gasteiger partial charge on any atom is 0.249 e. The molecule has 1 N–H and O–H groups in total. The van der Waals surface area contributed by atoms with E-state index in [0.717, 1.165) is 0 Å². The zero-order valence-electron chi connectivity index (χ0n) is 10.2. The van der Waals surface area contributed by atoms with E-state index in [-0.39, 0.29) is 17.2 Å². The molecule has 1 aliphatic rings. The fourth-order valence-electron chi connectivity index (χ4n) is 2.04. The van der Waals surface area contributed by atoms with Crippen LogP contribution < -0.4 is 5.32 Å². The lowest BCUT2D eigenvalue weighted by molar-refractivity contribution is 0.311. The number of rotatable bonds is 2. The van der Waals surface area contributed by atoms with E-state index in [1.165, 1.54) is 4.31 Å². The molecule has 18 heavy (non-hydrogen) atoms. The van der Waals surface area contributed by atoms with Gasteiger partial charge >= 0.3 is 0 Å². The summed E-state index contributed by atoms with van der Waals surface area (Å²) in [6.07, 6.45) is 0. The standard InChI is InChI=1S/C10H14N4O3S/c1-7-10(8(2)17-13-7)18(15,16)14-4-3-12-6-9(14)5-11/h9,12H,3-4,6H2,1-2H3. The number of nitrogens with zero attached hydrogens (tertiary/aromatic N) is 3. The van der Waals surface area contributed by atoms with Crippen molar-refractivity contribution in [2.24, 2.45) is 0 Å². The van der Waals surface area contributed by atoms with E-state index in [1.807, 2.05) is 6.07 Å². The SMILES string of the molecule is Cc1noc(C)c1S(=O)(=O)N1CCNCC1C#N. The van der Waals surface area contributed by atoms with Crippen molar-refractivity contribution in [3.8, 4) is 6.07 Å². The molecule has 0 saturated carbocycles. The number of aryl methyl sites for hydroxylation is 2. The molecule has 0 spiro atoms. The van der Waals surface area contributed by atoms with Crippen LogP contribution in [0.25, 0.3) is 0 Å². The molecule has 1 saturated heterocycles. The van der Waals surface area contributed by atoms with Gasteiger partial charge in [0.25, 0.3) is 0 Å². The number of sulfonamides is 1. The number of hydrogen-bond acceptors (Lipinski definition) is 6. The second kappa shape index (κ2) is 4.68. The van der Waals surface area contributed by atoms with E-state index < -0.39 is 16.1 Å². The molecule has 0 aliphatic carbocycles. The van der Waals surface area contributed by atoms with Gasteiger partial charge in [0.2, 0.25) is 10.0 Å². The third-order valence-electron chi connectivity index (χ3n) is 2.88. The van der Waals surface area contributed by atoms with Crippen molar-refractivity contribution in [2.75, 3.05) is 19.6 Å². The minimum Gasteiger partial charge on any atom is -0.360 e. The average Bonchev–Trinajstić information content (AvgIpc) is 2.69. The zero-order valence-corrected chi connectivity index (χ0v) is 11.0. The molecule has 1 atom stereocenters. The molecule has 1 aromatic rings. The maximum absolute atomic E-state index is 12.5. The monoisotopic (exact) mass is 270 g/mol. The van der Waals surface area contributed by atoms with E-state index >= 15 is 0 Å². The van der Waals surface area contributed by atoms with Crippen molar-refractivity contribution >= 4 is 10.0 Å². The predicted molar refractivity (Wildman–Crippen MR) is 62.1 cm³/mol. The molecule has 2 rings (SSSR count). The summed E-state index contributed by atoms with van der Waals surface area (Å²) in [5.41, 5.74) is 0.322. The quantitative estimate of drug-likeness (QED) is 0.797. The predicted octanol–water partition coefficient (Wildman–Crippen LogP) is -0.222. The summed E-state index contributed by atoms with van der Waals surface area (Å²) in [6.45, 7) is 4.26. The summed E-state index contributed by atoms with van der Waals surface area (Å²) < 4.78 is 31.1. The van der Waals surface area contributed by atoms with Gasteiger partial charge in [-0.1, -0.05) is 5.16 Å². The lowest BCUT2D eigenvalue weighted by Gasteiger charge is -2.30. The third-order valence-corrected chi connectivity index (χ3v) is 5.03. The first-order valence-corrected chi connectivity index (χ1v) is 6.97. The lowest BCUT2D eigenvalue weighted by Crippen LogP contribution is -2.52. The Balaban J connectivity index is 2.46. The largest absolute Gasteiger partial charge is 0.360 e. The first kappa shape index (κ1) is 13.0. The van der Waals surface area contributed by atoms with E-state index in [4.69, 9.17) is 9.78 Å². The first-order valence-electron chi connectivity index (χ1n) is 5.53. The van der Waals surface area contributed by atoms with Crippen LogP contribution in [0.5, 0.6) is 0 Å². The molecule has 0 radical (unpaired) electrons. The first-order chi connectivity index (χ1) is 8.48. The lowest BCUT2D eigenvalue weighted by atomic mass is 10.3. The van der Waals surface area contributed by atoms with Crippen molar-refractivity contribution < 1.29 is 12.9 Å². The number of piperazine rings is 1. The minimum atomic E-state index is -3.73. The van der Waals surface area contributed by atoms with E-state index in [0.29, 0.717) is 18.8 Å². The Kier molecular flexibility index (Phi) is 3.38. The summed E-state index contributed by atoms with van der Waals surface area (Å²) in [5, 5.41) is 15.7. The van der Waals surface area contributed by atoms with Crippen LogP contribution in [0, 0.1) is 25.2 Å². The van der Waals surface area contributed by atoms with Gasteiger partial charge in [-0.3, -0.25) is 0 Å². The van der Waals surface area contributed by atoms with Gasteiger partial charge in [0.05, 0.1) is 6.07 Å². The summed E-state index contributed by atoms with van der Waals surface area (Å²) in [5.74, 6) is 0.253. The van der Waals surface area contributed by atoms with Crippen molar-refractivity contribution in [3.05, 3.63) is 11.5 Å². The molecule has 98 valence electrons. The number of aromatic nitrogens is 1. The Morgan fingerprint density at radius 3 is 2.83 bits per heavy atom. The van der Waals surface area contributed by atoms with Gasteiger partial charge < -0.3 is 9.84 Å². The highest BCUT2D eigenvalue weighted by Crippen LogP contribution is 2.25. The van der Waals surface area contributed by atoms with Gasteiger partial charge in [-0.05, 0) is 13.8 Å². The van der Waals surface area contributed by atoms with Gasteiger partial charge in [-0.2, -0.15) is 9.57 Å². The number of nitriles is 1. The summed E-state index contributed by atoms with van der Waals surface area (Å²) >= 11 is 0. The van der Waals surface area contributed by atoms with Gasteiger partial charge in [0.1, 0.15) is 16.6 Å². The Bertz CT molecular complexity index is 567. The Hall–Kier alpha value is -1.43. The number of hydrogen-bond donors (Lipinski definition) is 1. The molecular weight excluding hydrogens is 256 g/mol. The molecule has 1 unspecified atom stereocenters. The van der Waals surface area contributed by atoms with Crippen LogP contribution in [-0.2, 0) is 10.0 Å². The molecule has 8 heteroatoms. The highest BCUT2D eigenvalue weighted by Gasteiger charge is 2.37. The summed E-state index contributed by atoms with van der Waals surface area (Å²) in [7, 11) is -3.73. The summed E-state index contributed by atoms with van der Waals surface area (Å²) in [4.78, 5) is 0.0737. The molecule has 0 amide bonds. The fraction of sp³-hybridized carbons (Fsp3) is 0.600. The smallest absolute Gasteiger partial charge is 0.249 e. The summed E-state index contributed by atoms with van der Waals surface area (Å²) in [6, 6.07) is 1.30. The minimum absolute atomic E-state index is 0.0737. The second-order valence-electron chi connectivity index (χ2n) is 4.12. The highest BCUT2D eigenvalue weighted by molar-refractivity contribution is 7.89. The van der Waals surface area contributed by atoms with Crippen molar-refractivity contribution in [2.45, 2.75) is 24.8 Å². The van der Waals surface area contributed by atoms with Crippen LogP contribution >= 0.6 is 0 Å². The second-order valence-corrected chi connectivity index (χ2v) is 5.95. The van der Waals surface area contributed by atoms with E-state index in [1.54, 1.807) is 13.8 Å². The van der Waals surface area contributed by atoms with Crippen molar-refractivity contribution in [1.29, 1.82) is 5.26 Å². The van der Waals surface area contributed by atoms with Gasteiger partial charge in [-0.25, -0.2) is 8.42 Å². The van der Waals surface area contributed by atoms with Crippen LogP contribution in [-0.4, -0.2) is 43.6 Å². The van der Waals surface area contributed by atoms with Crippen molar-refractivity contribution in [1.82, 2.24) is 14.8 Å². The zero-order chi connectivity index (χ0) is 13.3. The highest BCUT2D eigenvalue weighted by atomic mass is 32.2. The topological polar surface area (TPSA) is 99.2 Å². The van der Waals surface area contributed by atoms with E-state index in [9.17, 15) is 8.42 Å². The van der Waals surface area contributed by atoms with Crippen LogP contribution in [0.2, 0.25) is 0 Å². The van der Waals surface area contributed by atoms with Gasteiger partial charge in [0, 0.05) is 19.6 Å². The Labute approximate surface area is 105 Å². The number of nitrogens with one attached hydrogen (secondary N) is 1. The normalized spacial score (nSPS) is 21.7. The molecule has 1 aliphatic heterocycles. The fourth-order valence-corrected chi connectivity index (χ4v) is 3.88. The molecule has 1 aromatic heterocycles. The third kappa shape index (κ3) is 2.01. The van der Waals surface area contributed by atoms with E-state index in [2.05, 4.69) is 10.5 Å². The molecule has 0 aromatic carbocycles. The van der Waals surface area contributed by atoms with Crippen molar-refractivity contribution in [3.63, 3.8) is 0 Å². The Morgan fingerprint density at radius 1 is 1.56 bits per heavy atom. The Morgan fingerprint density at radius 2 is 2.28 bits per heavy atom. The molecule has 0 bridgehead atoms. The van der Waals surface area contributed by atoms with Crippen LogP contribution in [0.1, 0.15) is 11.5 Å². The van der Waals surface area contributed by atoms with Crippen LogP contribution in [0.3, 0.4) is 0 Å². The average molecular weight is 270 g/mol. The van der Waals surface area contributed by atoms with Crippen LogP contribution in [0.4, 0.5) is 0 Å². The van der Waals surface area contributed by atoms with Crippen LogP contribution in [0.15, 0.2) is 9.42 Å². The molecule has 2 heterocycles. The van der Waals surface area contributed by atoms with Gasteiger partial charge in [0.15, 0.2) is 5.76 Å². The molecule has 1 fully saturated rings. The maximum atomic E-state index is 12.5. The molecule has 7 nitrogen and oxygen atoms in total. The molecular formula is C10H14N4O3S.